The van der Waals surface area contributed by atoms with Crippen molar-refractivity contribution >= 4 is 28.4 Å². The Labute approximate surface area is 159 Å². The van der Waals surface area contributed by atoms with Gasteiger partial charge in [-0.15, -0.1) is 10.2 Å². The van der Waals surface area contributed by atoms with Crippen molar-refractivity contribution in [1.82, 2.24) is 10.2 Å². The van der Waals surface area contributed by atoms with Gasteiger partial charge in [0.05, 0.1) is 11.5 Å². The molecule has 0 aliphatic carbocycles. The monoisotopic (exact) mass is 384 g/mol. The molecule has 0 fully saturated rings. The zero-order valence-corrected chi connectivity index (χ0v) is 15.2. The van der Waals surface area contributed by atoms with Gasteiger partial charge in [-0.3, -0.25) is 10.1 Å². The highest BCUT2D eigenvalue weighted by molar-refractivity contribution is 7.15. The van der Waals surface area contributed by atoms with Crippen molar-refractivity contribution in [2.75, 3.05) is 6.61 Å². The Morgan fingerprint density at radius 1 is 1.26 bits per heavy atom. The minimum Gasteiger partial charge on any atom is -0.504 e. The highest BCUT2D eigenvalue weighted by atomic mass is 32.1. The molecule has 0 aliphatic rings. The molecule has 27 heavy (non-hydrogen) atoms. The Balaban J connectivity index is 1.68. The number of rotatable bonds is 7. The SMILES string of the molecule is CCOc1cc(C=Nc2nnc(Cc3ccc([N+](=O)[O-])cc3)s2)ccc1O. The third-order valence-corrected chi connectivity index (χ3v) is 4.40. The Morgan fingerprint density at radius 2 is 2.04 bits per heavy atom. The number of hydrogen-bond donors (Lipinski definition) is 1. The van der Waals surface area contributed by atoms with Crippen LogP contribution >= 0.6 is 11.3 Å². The number of aromatic nitrogens is 2. The Kier molecular flexibility index (Phi) is 5.72. The average molecular weight is 384 g/mol. The van der Waals surface area contributed by atoms with Crippen LogP contribution in [0, 0.1) is 10.1 Å². The van der Waals surface area contributed by atoms with Gasteiger partial charge in [0.15, 0.2) is 11.5 Å². The Morgan fingerprint density at radius 3 is 2.74 bits per heavy atom. The van der Waals surface area contributed by atoms with Crippen molar-refractivity contribution in [1.29, 1.82) is 0 Å². The topological polar surface area (TPSA) is 111 Å². The van der Waals surface area contributed by atoms with Gasteiger partial charge in [0.1, 0.15) is 5.01 Å². The summed E-state index contributed by atoms with van der Waals surface area (Å²) in [5.41, 5.74) is 1.73. The lowest BCUT2D eigenvalue weighted by atomic mass is 10.1. The van der Waals surface area contributed by atoms with Crippen molar-refractivity contribution in [3.63, 3.8) is 0 Å². The molecule has 0 unspecified atom stereocenters. The summed E-state index contributed by atoms with van der Waals surface area (Å²) < 4.78 is 5.34. The third-order valence-electron chi connectivity index (χ3n) is 3.57. The molecule has 0 bridgehead atoms. The number of benzene rings is 2. The maximum absolute atomic E-state index is 10.7. The van der Waals surface area contributed by atoms with Gasteiger partial charge >= 0.3 is 0 Å². The van der Waals surface area contributed by atoms with Gasteiger partial charge in [-0.05, 0) is 36.2 Å². The number of non-ortho nitro benzene ring substituents is 1. The molecular formula is C18H16N4O4S. The van der Waals surface area contributed by atoms with Gasteiger partial charge in [-0.2, -0.15) is 0 Å². The average Bonchev–Trinajstić information content (AvgIpc) is 3.10. The maximum atomic E-state index is 10.7. The van der Waals surface area contributed by atoms with Crippen LogP contribution in [0.3, 0.4) is 0 Å². The van der Waals surface area contributed by atoms with E-state index in [-0.39, 0.29) is 11.4 Å². The van der Waals surface area contributed by atoms with Crippen LogP contribution < -0.4 is 4.74 Å². The minimum atomic E-state index is -0.429. The number of hydrogen-bond acceptors (Lipinski definition) is 8. The molecule has 0 radical (unpaired) electrons. The fourth-order valence-corrected chi connectivity index (χ4v) is 3.01. The third kappa shape index (κ3) is 4.85. The van der Waals surface area contributed by atoms with E-state index in [0.717, 1.165) is 16.1 Å². The van der Waals surface area contributed by atoms with Crippen LogP contribution in [-0.2, 0) is 6.42 Å². The summed E-state index contributed by atoms with van der Waals surface area (Å²) in [4.78, 5) is 14.6. The van der Waals surface area contributed by atoms with Crippen LogP contribution in [0.5, 0.6) is 11.5 Å². The van der Waals surface area contributed by atoms with E-state index in [4.69, 9.17) is 4.74 Å². The number of phenols is 1. The number of aromatic hydroxyl groups is 1. The van der Waals surface area contributed by atoms with Crippen LogP contribution in [0.1, 0.15) is 23.1 Å². The highest BCUT2D eigenvalue weighted by Gasteiger charge is 2.08. The summed E-state index contributed by atoms with van der Waals surface area (Å²) in [5, 5.41) is 29.8. The molecule has 9 heteroatoms. The molecule has 3 aromatic rings. The van der Waals surface area contributed by atoms with E-state index in [0.29, 0.717) is 23.9 Å². The highest BCUT2D eigenvalue weighted by Crippen LogP contribution is 2.27. The van der Waals surface area contributed by atoms with Gasteiger partial charge in [0.2, 0.25) is 5.13 Å². The normalized spacial score (nSPS) is 11.0. The van der Waals surface area contributed by atoms with Gasteiger partial charge in [0.25, 0.3) is 5.69 Å². The summed E-state index contributed by atoms with van der Waals surface area (Å²) in [5.74, 6) is 0.480. The first-order chi connectivity index (χ1) is 13.0. The van der Waals surface area contributed by atoms with Crippen LogP contribution in [0.2, 0.25) is 0 Å². The minimum absolute atomic E-state index is 0.0571. The molecule has 3 rings (SSSR count). The molecule has 2 aromatic carbocycles. The lowest BCUT2D eigenvalue weighted by Crippen LogP contribution is -1.93. The molecular weight excluding hydrogens is 368 g/mol. The second kappa shape index (κ2) is 8.37. The summed E-state index contributed by atoms with van der Waals surface area (Å²) in [6.07, 6.45) is 2.15. The number of nitro benzene ring substituents is 1. The van der Waals surface area contributed by atoms with Gasteiger partial charge in [-0.1, -0.05) is 23.5 Å². The van der Waals surface area contributed by atoms with E-state index in [2.05, 4.69) is 15.2 Å². The molecule has 138 valence electrons. The van der Waals surface area contributed by atoms with Gasteiger partial charge < -0.3 is 9.84 Å². The summed E-state index contributed by atoms with van der Waals surface area (Å²) >= 11 is 1.34. The van der Waals surface area contributed by atoms with E-state index in [1.807, 2.05) is 6.92 Å². The van der Waals surface area contributed by atoms with Crippen molar-refractivity contribution in [2.24, 2.45) is 4.99 Å². The Bertz CT molecular complexity index is 970. The van der Waals surface area contributed by atoms with Crippen LogP contribution in [0.15, 0.2) is 47.5 Å². The van der Waals surface area contributed by atoms with Crippen LogP contribution in [0.25, 0.3) is 0 Å². The summed E-state index contributed by atoms with van der Waals surface area (Å²) in [6.45, 7) is 2.30. The van der Waals surface area contributed by atoms with E-state index < -0.39 is 4.92 Å². The van der Waals surface area contributed by atoms with E-state index in [1.165, 1.54) is 23.5 Å². The zero-order valence-electron chi connectivity index (χ0n) is 14.4. The second-order valence-electron chi connectivity index (χ2n) is 5.50. The molecule has 0 spiro atoms. The van der Waals surface area contributed by atoms with Crippen molar-refractivity contribution in [3.8, 4) is 11.5 Å². The fourth-order valence-electron chi connectivity index (χ4n) is 2.29. The largest absolute Gasteiger partial charge is 0.504 e. The quantitative estimate of drug-likeness (QED) is 0.376. The summed E-state index contributed by atoms with van der Waals surface area (Å²) in [6, 6.07) is 11.3. The standard InChI is InChI=1S/C18H16N4O4S/c1-2-26-16-9-13(5-8-15(16)23)11-19-18-21-20-17(27-18)10-12-3-6-14(7-4-12)22(24)25/h3-9,11,23H,2,10H2,1H3. The lowest BCUT2D eigenvalue weighted by Gasteiger charge is -2.05. The zero-order chi connectivity index (χ0) is 19.2. The van der Waals surface area contributed by atoms with Crippen LogP contribution in [0.4, 0.5) is 10.8 Å². The molecule has 1 N–H and O–H groups in total. The summed E-state index contributed by atoms with van der Waals surface area (Å²) in [7, 11) is 0. The first kappa shape index (κ1) is 18.5. The number of nitro groups is 1. The lowest BCUT2D eigenvalue weighted by molar-refractivity contribution is -0.384. The van der Waals surface area contributed by atoms with E-state index >= 15 is 0 Å². The predicted octanol–water partition coefficient (Wildman–Crippen LogP) is 3.89. The van der Waals surface area contributed by atoms with Crippen molar-refractivity contribution in [2.45, 2.75) is 13.3 Å². The fraction of sp³-hybridized carbons (Fsp3) is 0.167. The number of phenolic OH excluding ortho intramolecular Hbond substituents is 1. The van der Waals surface area contributed by atoms with Crippen molar-refractivity contribution < 1.29 is 14.8 Å². The molecule has 0 saturated heterocycles. The number of nitrogens with zero attached hydrogens (tertiary/aromatic N) is 4. The maximum Gasteiger partial charge on any atom is 0.269 e. The van der Waals surface area contributed by atoms with E-state index in [1.54, 1.807) is 36.5 Å². The first-order valence-electron chi connectivity index (χ1n) is 8.10. The smallest absolute Gasteiger partial charge is 0.269 e. The molecule has 1 aromatic heterocycles. The molecule has 0 atom stereocenters. The Hall–Kier alpha value is -3.33. The second-order valence-corrected chi connectivity index (χ2v) is 6.54. The predicted molar refractivity (Wildman–Crippen MR) is 102 cm³/mol. The van der Waals surface area contributed by atoms with Crippen LogP contribution in [-0.4, -0.2) is 33.0 Å². The first-order valence-corrected chi connectivity index (χ1v) is 8.92. The molecule has 0 amide bonds. The number of ether oxygens (including phenoxy) is 1. The van der Waals surface area contributed by atoms with Crippen molar-refractivity contribution in [3.05, 3.63) is 68.7 Å². The van der Waals surface area contributed by atoms with Gasteiger partial charge in [0, 0.05) is 24.8 Å². The van der Waals surface area contributed by atoms with Gasteiger partial charge in [-0.25, -0.2) is 4.99 Å². The molecule has 0 aliphatic heterocycles. The van der Waals surface area contributed by atoms with E-state index in [9.17, 15) is 15.2 Å². The molecule has 1 heterocycles. The molecule has 0 saturated carbocycles. The molecule has 8 nitrogen and oxygen atoms in total. The number of aliphatic imine (C=N–C) groups is 1.